The summed E-state index contributed by atoms with van der Waals surface area (Å²) >= 11 is 52.8. The maximum atomic E-state index is 14.5. The Hall–Kier alpha value is -10.8. The highest BCUT2D eigenvalue weighted by atomic mass is 35.5. The van der Waals surface area contributed by atoms with Crippen LogP contribution in [0.15, 0.2) is 274 Å². The van der Waals surface area contributed by atoms with Crippen LogP contribution in [0, 0.1) is 84.1 Å². The first-order valence-electron chi connectivity index (χ1n) is 42.5. The molecule has 47 heteroatoms. The lowest BCUT2D eigenvalue weighted by atomic mass is 9.91. The molecular weight excluding hydrogens is 2090 g/mol. The quantitative estimate of drug-likeness (QED) is 0.00667. The summed E-state index contributed by atoms with van der Waals surface area (Å²) in [5, 5.41) is 15.5. The predicted octanol–water partition coefficient (Wildman–Crippen LogP) is 21.8. The van der Waals surface area contributed by atoms with Crippen molar-refractivity contribution >= 4 is 114 Å². The van der Waals surface area contributed by atoms with Gasteiger partial charge in [-0.1, -0.05) is 215 Å². The Morgan fingerprint density at radius 2 is 0.462 bits per heavy atom. The lowest BCUT2D eigenvalue weighted by Crippen LogP contribution is -2.34. The zero-order valence-electron chi connectivity index (χ0n) is 73.3. The molecule has 746 valence electrons. The van der Waals surface area contributed by atoms with E-state index in [0.29, 0.717) is 44.4 Å². The maximum absolute atomic E-state index is 14.5. The number of aromatic nitrogens is 9. The van der Waals surface area contributed by atoms with E-state index in [0.717, 1.165) is 69.8 Å². The van der Waals surface area contributed by atoms with Gasteiger partial charge < -0.3 is 58.1 Å². The maximum Gasteiger partial charge on any atom is 0.466 e. The second kappa shape index (κ2) is 44.7. The number of aromatic amines is 3. The Balaban J connectivity index is 0.000000128. The van der Waals surface area contributed by atoms with Gasteiger partial charge in [-0.3, -0.25) is 33.8 Å². The molecule has 12 aromatic carbocycles. The number of hydrazine groups is 3. The van der Waals surface area contributed by atoms with Gasteiger partial charge in [0.05, 0.1) is 19.6 Å². The summed E-state index contributed by atoms with van der Waals surface area (Å²) in [4.78, 5) is 29.9. The summed E-state index contributed by atoms with van der Waals surface area (Å²) in [5.41, 5.74) is 7.33. The van der Waals surface area contributed by atoms with Crippen molar-refractivity contribution in [1.82, 2.24) is 60.6 Å². The molecule has 6 saturated heterocycles. The summed E-state index contributed by atoms with van der Waals surface area (Å²) in [6.07, 6.45) is 1.60. The minimum atomic E-state index is -4.64. The lowest BCUT2D eigenvalue weighted by Gasteiger charge is -2.15. The largest absolute Gasteiger partial charge is 0.466 e. The Labute approximate surface area is 850 Å². The van der Waals surface area contributed by atoms with Crippen molar-refractivity contribution in [2.75, 3.05) is 19.6 Å². The molecule has 0 bridgehead atoms. The molecule has 0 amide bonds. The average molecular weight is 2170 g/mol. The predicted molar refractivity (Wildman–Crippen MR) is 513 cm³/mol. The minimum Gasteiger partial charge on any atom is -0.354 e. The molecule has 3 aromatic heterocycles. The molecule has 0 radical (unpaired) electrons. The van der Waals surface area contributed by atoms with Gasteiger partial charge >= 0.3 is 7.82 Å². The molecular formula is C96H78Cl6F12N15O10PS3. The van der Waals surface area contributed by atoms with Gasteiger partial charge in [0.25, 0.3) is 0 Å². The van der Waals surface area contributed by atoms with Crippen molar-refractivity contribution < 1.29 is 100 Å². The summed E-state index contributed by atoms with van der Waals surface area (Å²) in [7, 11) is -4.64. The Morgan fingerprint density at radius 1 is 0.301 bits per heavy atom. The van der Waals surface area contributed by atoms with Gasteiger partial charge in [0.15, 0.2) is 14.3 Å². The summed E-state index contributed by atoms with van der Waals surface area (Å²) in [6.45, 7) is 1.08. The lowest BCUT2D eigenvalue weighted by molar-refractivity contribution is 0.255. The van der Waals surface area contributed by atoms with E-state index in [4.69, 9.17) is 171 Å². The fraction of sp³-hybridized carbons (Fsp3) is 0.188. The topological polar surface area (TPSA) is 368 Å². The van der Waals surface area contributed by atoms with Crippen molar-refractivity contribution in [3.05, 3.63) is 455 Å². The van der Waals surface area contributed by atoms with E-state index in [1.165, 1.54) is 106 Å². The number of phosphoric acid groups is 1. The van der Waals surface area contributed by atoms with Crippen LogP contribution in [0.2, 0.25) is 30.1 Å². The van der Waals surface area contributed by atoms with Gasteiger partial charge in [-0.2, -0.15) is 15.3 Å². The smallest absolute Gasteiger partial charge is 0.354 e. The van der Waals surface area contributed by atoms with Crippen LogP contribution < -0.4 is 33.8 Å². The van der Waals surface area contributed by atoms with Crippen LogP contribution in [0.5, 0.6) is 0 Å². The fourth-order valence-electron chi connectivity index (χ4n) is 16.9. The number of rotatable bonds is 24. The Morgan fingerprint density at radius 3 is 0.615 bits per heavy atom. The molecule has 15 aromatic rings. The standard InChI is InChI=1S/3C17H12ClF2N3OS.3C15H13ClF2N2O.H3O4P/c3*18-13-4-2-1-3-11(13)15-17(24-15,8-23-16(25)21-9-22-23)12-6-5-10(19)7-14(12)20;3*16-12-4-2-1-3-10(12)14-15(21-14,8-20-19)11-6-5-9(17)7-13(11)18;1-5(2,3)4/h3*1-7,9,15H,8H2,(H,21,22,25);3*1-7,14,20H,8,19H2;(H3,1,2,3,4)/t3*15-,17-;;;;/m111..../s1. The number of halogens is 18. The van der Waals surface area contributed by atoms with Crippen LogP contribution in [0.25, 0.3) is 0 Å². The normalized spacial score (nSPS) is 22.6. The number of epoxide rings is 6. The summed E-state index contributed by atoms with van der Waals surface area (Å²) in [6, 6.07) is 63.6. The molecule has 0 spiro atoms. The van der Waals surface area contributed by atoms with Crippen molar-refractivity contribution in [3.8, 4) is 0 Å². The molecule has 12 atom stereocenters. The van der Waals surface area contributed by atoms with E-state index in [2.05, 4.69) is 46.5 Å². The third kappa shape index (κ3) is 23.7. The molecule has 0 saturated carbocycles. The van der Waals surface area contributed by atoms with Crippen LogP contribution in [-0.4, -0.2) is 78.6 Å². The second-order valence-electron chi connectivity index (χ2n) is 32.6. The SMILES string of the molecule is Fc1ccc([C@@]2(Cn3nc[nH]c3=S)O[C@@H]2c2ccccc2Cl)c(F)c1.Fc1ccc([C@@]2(Cn3nc[nH]c3=S)O[C@@H]2c2ccccc2Cl)c(F)c1.Fc1ccc([C@@]2(Cn3nc[nH]c3=S)O[C@@H]2c2ccccc2Cl)c(F)c1.NNCC1(c2ccc(F)cc2F)OC1c1ccccc1Cl.NNCC1(c2ccc(F)cc2F)OC1c1ccccc1Cl.NNCC1(c2ccc(F)cc2F)OC1c1ccccc1Cl.O=P(O)(O)O. The monoisotopic (exact) mass is 2170 g/mol. The molecule has 0 aliphatic carbocycles. The van der Waals surface area contributed by atoms with Crippen molar-refractivity contribution in [2.45, 2.75) is 89.9 Å². The first-order chi connectivity index (χ1) is 68.3. The van der Waals surface area contributed by atoms with Crippen molar-refractivity contribution in [1.29, 1.82) is 0 Å². The van der Waals surface area contributed by atoms with E-state index in [-0.39, 0.29) is 72.6 Å². The molecule has 25 nitrogen and oxygen atoms in total. The van der Waals surface area contributed by atoms with Gasteiger partial charge in [0.2, 0.25) is 0 Å². The molecule has 21 rings (SSSR count). The number of nitrogens with one attached hydrogen (secondary N) is 6. The molecule has 6 aliphatic heterocycles. The zero-order chi connectivity index (χ0) is 102. The molecule has 9 heterocycles. The van der Waals surface area contributed by atoms with E-state index in [1.807, 2.05) is 72.8 Å². The number of H-pyrrole nitrogens is 3. The third-order valence-corrected chi connectivity index (χ3v) is 26.8. The molecule has 6 unspecified atom stereocenters. The fourth-order valence-corrected chi connectivity index (χ4v) is 18.8. The Kier molecular flexibility index (Phi) is 33.3. The molecule has 15 N–H and O–H groups in total. The number of nitrogens with two attached hydrogens (primary N) is 3. The van der Waals surface area contributed by atoms with Crippen LogP contribution in [-0.2, 0) is 86.2 Å². The number of ether oxygens (including phenoxy) is 6. The van der Waals surface area contributed by atoms with Gasteiger partial charge in [-0.05, 0) is 109 Å². The highest BCUT2D eigenvalue weighted by molar-refractivity contribution is 7.71. The van der Waals surface area contributed by atoms with E-state index < -0.39 is 148 Å². The number of hydrogen-bond donors (Lipinski definition) is 12. The number of nitrogens with zero attached hydrogens (tertiary/aromatic N) is 6. The summed E-state index contributed by atoms with van der Waals surface area (Å²) in [5.74, 6) is 8.26. The van der Waals surface area contributed by atoms with Crippen LogP contribution in [0.3, 0.4) is 0 Å². The van der Waals surface area contributed by atoms with E-state index in [9.17, 15) is 52.7 Å². The zero-order valence-corrected chi connectivity index (χ0v) is 81.2. The van der Waals surface area contributed by atoms with Crippen LogP contribution in [0.1, 0.15) is 103 Å². The number of hydrogen-bond acceptors (Lipinski definition) is 19. The first kappa shape index (κ1) is 107. The first-order valence-corrected chi connectivity index (χ1v) is 47.5. The minimum absolute atomic E-state index is 0.174. The number of benzene rings is 12. The molecule has 6 aliphatic rings. The van der Waals surface area contributed by atoms with E-state index >= 15 is 0 Å². The molecule has 143 heavy (non-hydrogen) atoms. The molecule has 6 fully saturated rings. The summed E-state index contributed by atoms with van der Waals surface area (Å²) < 4.78 is 215. The van der Waals surface area contributed by atoms with Gasteiger partial charge in [-0.15, -0.1) is 0 Å². The van der Waals surface area contributed by atoms with Crippen LogP contribution >= 0.6 is 114 Å². The highest BCUT2D eigenvalue weighted by Gasteiger charge is 2.66. The highest BCUT2D eigenvalue weighted by Crippen LogP contribution is 2.65. The van der Waals surface area contributed by atoms with Crippen molar-refractivity contribution in [3.63, 3.8) is 0 Å². The van der Waals surface area contributed by atoms with Gasteiger partial charge in [0, 0.05) is 153 Å². The van der Waals surface area contributed by atoms with Crippen molar-refractivity contribution in [2.24, 2.45) is 17.5 Å². The second-order valence-corrected chi connectivity index (χ2v) is 37.2. The van der Waals surface area contributed by atoms with E-state index in [1.54, 1.807) is 72.8 Å². The van der Waals surface area contributed by atoms with Crippen LogP contribution in [0.4, 0.5) is 52.7 Å². The van der Waals surface area contributed by atoms with Gasteiger partial charge in [0.1, 0.15) is 159 Å². The van der Waals surface area contributed by atoms with Gasteiger partial charge in [-0.25, -0.2) is 71.3 Å². The Bertz CT molecular complexity index is 6760. The average Bonchev–Trinajstić information content (AvgIpc) is 1.58. The third-order valence-electron chi connectivity index (χ3n) is 23.7.